The van der Waals surface area contributed by atoms with Crippen molar-refractivity contribution in [2.75, 3.05) is 20.3 Å². The number of hydrogen-bond donors (Lipinski definition) is 2. The number of aromatic nitrogens is 1. The lowest BCUT2D eigenvalue weighted by atomic mass is 10.0. The molecule has 0 saturated carbocycles. The van der Waals surface area contributed by atoms with Gasteiger partial charge in [0.25, 0.3) is 0 Å². The number of nitrogens with two attached hydrogens (primary N) is 1. The molecule has 0 saturated heterocycles. The van der Waals surface area contributed by atoms with Crippen molar-refractivity contribution >= 4 is 0 Å². The van der Waals surface area contributed by atoms with Gasteiger partial charge in [-0.25, -0.2) is 9.82 Å². The van der Waals surface area contributed by atoms with Gasteiger partial charge in [-0.2, -0.15) is 0 Å². The molecule has 2 aromatic rings. The van der Waals surface area contributed by atoms with E-state index in [9.17, 15) is 4.39 Å². The van der Waals surface area contributed by atoms with E-state index in [4.69, 9.17) is 15.3 Å². The topological polar surface area (TPSA) is 69.4 Å². The maximum atomic E-state index is 13.0. The molecule has 6 heteroatoms. The Hall–Kier alpha value is -2.02. The van der Waals surface area contributed by atoms with Gasteiger partial charge in [0, 0.05) is 12.7 Å². The standard InChI is InChI=1S/C15H18FN3O2/c1-20-8-9-21-14-5-3-2-4-12(14)15(19-17)13-7-6-11(16)10-18-13/h2-7,10,15,19H,8-9,17H2,1H3. The van der Waals surface area contributed by atoms with E-state index in [2.05, 4.69) is 10.4 Å². The number of rotatable bonds is 7. The Morgan fingerprint density at radius 3 is 2.71 bits per heavy atom. The highest BCUT2D eigenvalue weighted by Crippen LogP contribution is 2.28. The predicted molar refractivity (Wildman–Crippen MR) is 77.2 cm³/mol. The number of ether oxygens (including phenoxy) is 2. The summed E-state index contributed by atoms with van der Waals surface area (Å²) in [5.41, 5.74) is 4.13. The van der Waals surface area contributed by atoms with Gasteiger partial charge in [-0.3, -0.25) is 10.8 Å². The minimum atomic E-state index is -0.390. The van der Waals surface area contributed by atoms with Crippen molar-refractivity contribution in [3.8, 4) is 5.75 Å². The second-order valence-electron chi connectivity index (χ2n) is 4.38. The molecule has 1 heterocycles. The predicted octanol–water partition coefficient (Wildman–Crippen LogP) is 1.80. The molecular formula is C15H18FN3O2. The van der Waals surface area contributed by atoms with E-state index in [1.165, 1.54) is 6.07 Å². The van der Waals surface area contributed by atoms with Crippen LogP contribution in [-0.4, -0.2) is 25.3 Å². The van der Waals surface area contributed by atoms with E-state index < -0.39 is 0 Å². The Labute approximate surface area is 122 Å². The molecular weight excluding hydrogens is 273 g/mol. The molecule has 1 aromatic heterocycles. The monoisotopic (exact) mass is 291 g/mol. The molecule has 1 unspecified atom stereocenters. The molecule has 3 N–H and O–H groups in total. The summed E-state index contributed by atoms with van der Waals surface area (Å²) in [6.07, 6.45) is 1.16. The van der Waals surface area contributed by atoms with E-state index in [1.54, 1.807) is 13.2 Å². The fourth-order valence-electron chi connectivity index (χ4n) is 1.98. The molecule has 0 amide bonds. The minimum Gasteiger partial charge on any atom is -0.491 e. The number of hydrogen-bond acceptors (Lipinski definition) is 5. The summed E-state index contributed by atoms with van der Waals surface area (Å²) in [4.78, 5) is 4.07. The lowest BCUT2D eigenvalue weighted by Gasteiger charge is -2.19. The number of nitrogens with one attached hydrogen (secondary N) is 1. The number of methoxy groups -OCH3 is 1. The van der Waals surface area contributed by atoms with Crippen molar-refractivity contribution < 1.29 is 13.9 Å². The molecule has 2 rings (SSSR count). The lowest BCUT2D eigenvalue weighted by molar-refractivity contribution is 0.145. The van der Waals surface area contributed by atoms with Crippen molar-refractivity contribution in [2.45, 2.75) is 6.04 Å². The van der Waals surface area contributed by atoms with E-state index in [0.29, 0.717) is 24.7 Å². The molecule has 0 aliphatic carbocycles. The van der Waals surface area contributed by atoms with Crippen LogP contribution in [0, 0.1) is 5.82 Å². The largest absolute Gasteiger partial charge is 0.491 e. The Bertz CT molecular complexity index is 563. The van der Waals surface area contributed by atoms with E-state index in [-0.39, 0.29) is 11.9 Å². The Balaban J connectivity index is 2.27. The molecule has 0 aliphatic heterocycles. The molecule has 0 fully saturated rings. The summed E-state index contributed by atoms with van der Waals surface area (Å²) in [5.74, 6) is 5.93. The zero-order chi connectivity index (χ0) is 15.1. The van der Waals surface area contributed by atoms with Gasteiger partial charge in [0.2, 0.25) is 0 Å². The number of halogens is 1. The second kappa shape index (κ2) is 7.68. The average Bonchev–Trinajstić information content (AvgIpc) is 2.51. The lowest BCUT2D eigenvalue weighted by Crippen LogP contribution is -2.30. The van der Waals surface area contributed by atoms with E-state index >= 15 is 0 Å². The molecule has 1 aromatic carbocycles. The fraction of sp³-hybridized carbons (Fsp3) is 0.267. The number of pyridine rings is 1. The van der Waals surface area contributed by atoms with E-state index in [1.807, 2.05) is 24.3 Å². The van der Waals surface area contributed by atoms with E-state index in [0.717, 1.165) is 11.8 Å². The third-order valence-corrected chi connectivity index (χ3v) is 2.99. The Kier molecular flexibility index (Phi) is 5.62. The van der Waals surface area contributed by atoms with Crippen LogP contribution in [0.1, 0.15) is 17.3 Å². The molecule has 0 aliphatic rings. The Morgan fingerprint density at radius 2 is 2.05 bits per heavy atom. The first kappa shape index (κ1) is 15.4. The summed E-state index contributed by atoms with van der Waals surface area (Å²) in [5, 5.41) is 0. The zero-order valence-electron chi connectivity index (χ0n) is 11.8. The molecule has 1 atom stereocenters. The summed E-state index contributed by atoms with van der Waals surface area (Å²) >= 11 is 0. The average molecular weight is 291 g/mol. The van der Waals surface area contributed by atoms with Crippen molar-refractivity contribution in [2.24, 2.45) is 5.84 Å². The number of para-hydroxylation sites is 1. The van der Waals surface area contributed by atoms with Crippen molar-refractivity contribution in [1.29, 1.82) is 0 Å². The number of nitrogens with zero attached hydrogens (tertiary/aromatic N) is 1. The van der Waals surface area contributed by atoms with Crippen LogP contribution in [0.5, 0.6) is 5.75 Å². The smallest absolute Gasteiger partial charge is 0.141 e. The molecule has 21 heavy (non-hydrogen) atoms. The first-order valence-electron chi connectivity index (χ1n) is 6.54. The van der Waals surface area contributed by atoms with Crippen molar-refractivity contribution in [3.63, 3.8) is 0 Å². The zero-order valence-corrected chi connectivity index (χ0v) is 11.8. The number of hydrazine groups is 1. The summed E-state index contributed by atoms with van der Waals surface area (Å²) in [6, 6.07) is 10.0. The van der Waals surface area contributed by atoms with Crippen LogP contribution in [0.25, 0.3) is 0 Å². The normalized spacial score (nSPS) is 12.1. The van der Waals surface area contributed by atoms with Crippen LogP contribution in [0.4, 0.5) is 4.39 Å². The van der Waals surface area contributed by atoms with Crippen LogP contribution in [0.2, 0.25) is 0 Å². The van der Waals surface area contributed by atoms with Gasteiger partial charge in [-0.15, -0.1) is 0 Å². The van der Waals surface area contributed by atoms with Gasteiger partial charge in [-0.05, 0) is 18.2 Å². The first-order chi connectivity index (χ1) is 10.3. The first-order valence-corrected chi connectivity index (χ1v) is 6.54. The van der Waals surface area contributed by atoms with Crippen LogP contribution in [0.15, 0.2) is 42.6 Å². The quantitative estimate of drug-likeness (QED) is 0.462. The second-order valence-corrected chi connectivity index (χ2v) is 4.38. The third-order valence-electron chi connectivity index (χ3n) is 2.99. The summed E-state index contributed by atoms with van der Waals surface area (Å²) in [7, 11) is 1.61. The van der Waals surface area contributed by atoms with Gasteiger partial charge in [-0.1, -0.05) is 18.2 Å². The highest BCUT2D eigenvalue weighted by atomic mass is 19.1. The molecule has 5 nitrogen and oxygen atoms in total. The number of benzene rings is 1. The van der Waals surface area contributed by atoms with Gasteiger partial charge >= 0.3 is 0 Å². The third kappa shape index (κ3) is 3.98. The van der Waals surface area contributed by atoms with Crippen LogP contribution in [0.3, 0.4) is 0 Å². The van der Waals surface area contributed by atoms with Crippen LogP contribution in [-0.2, 0) is 4.74 Å². The van der Waals surface area contributed by atoms with Crippen LogP contribution < -0.4 is 16.0 Å². The molecule has 0 radical (unpaired) electrons. The van der Waals surface area contributed by atoms with Gasteiger partial charge in [0.05, 0.1) is 24.5 Å². The van der Waals surface area contributed by atoms with Gasteiger partial charge in [0.15, 0.2) is 0 Å². The minimum absolute atomic E-state index is 0.385. The molecule has 0 spiro atoms. The van der Waals surface area contributed by atoms with Crippen LogP contribution >= 0.6 is 0 Å². The molecule has 0 bridgehead atoms. The maximum Gasteiger partial charge on any atom is 0.141 e. The summed E-state index contributed by atoms with van der Waals surface area (Å²) < 4.78 is 23.6. The highest BCUT2D eigenvalue weighted by molar-refractivity contribution is 5.39. The molecule has 112 valence electrons. The van der Waals surface area contributed by atoms with Crippen molar-refractivity contribution in [1.82, 2.24) is 10.4 Å². The Morgan fingerprint density at radius 1 is 1.24 bits per heavy atom. The highest BCUT2D eigenvalue weighted by Gasteiger charge is 2.18. The van der Waals surface area contributed by atoms with Gasteiger partial charge < -0.3 is 9.47 Å². The fourth-order valence-corrected chi connectivity index (χ4v) is 1.98. The SMILES string of the molecule is COCCOc1ccccc1C(NN)c1ccc(F)cn1. The maximum absolute atomic E-state index is 13.0. The summed E-state index contributed by atoms with van der Waals surface area (Å²) in [6.45, 7) is 0.922. The van der Waals surface area contributed by atoms with Crippen molar-refractivity contribution in [3.05, 3.63) is 59.7 Å². The van der Waals surface area contributed by atoms with Gasteiger partial charge in [0.1, 0.15) is 18.2 Å².